The van der Waals surface area contributed by atoms with Gasteiger partial charge in [-0.1, -0.05) is 6.07 Å². The Morgan fingerprint density at radius 3 is 2.15 bits per heavy atom. The van der Waals surface area contributed by atoms with Gasteiger partial charge in [-0.05, 0) is 69.7 Å². The number of sulfonamides is 1. The summed E-state index contributed by atoms with van der Waals surface area (Å²) in [6.07, 6.45) is 0.400. The molecule has 2 rings (SSSR count). The lowest BCUT2D eigenvalue weighted by Gasteiger charge is -2.32. The Morgan fingerprint density at radius 1 is 1.19 bits per heavy atom. The van der Waals surface area contributed by atoms with Gasteiger partial charge in [0.05, 0.1) is 11.0 Å². The smallest absolute Gasteiger partial charge is 0.243 e. The largest absolute Gasteiger partial charge is 0.392 e. The molecule has 1 fully saturated rings. The van der Waals surface area contributed by atoms with Gasteiger partial charge in [-0.25, -0.2) is 8.42 Å². The van der Waals surface area contributed by atoms with Crippen LogP contribution in [0.2, 0.25) is 0 Å². The Morgan fingerprint density at radius 2 is 1.69 bits per heavy atom. The van der Waals surface area contributed by atoms with Crippen LogP contribution < -0.4 is 5.32 Å². The van der Waals surface area contributed by atoms with Crippen LogP contribution >= 0.6 is 0 Å². The van der Waals surface area contributed by atoms with E-state index in [4.69, 9.17) is 0 Å². The highest BCUT2D eigenvalue weighted by atomic mass is 32.2. The van der Waals surface area contributed by atoms with Crippen LogP contribution in [0, 0.1) is 33.6 Å². The standard InChI is InChI=1S/C19H30N2O4S/c1-12-10-13(2)16(5)18(15(12)4)26(24,25)21-8-6-17(7-9-21)19(23)20-11-14(3)22/h10,14,17,22H,6-9,11H2,1-5H3,(H,20,23). The predicted molar refractivity (Wildman–Crippen MR) is 102 cm³/mol. The van der Waals surface area contributed by atoms with Crippen molar-refractivity contribution in [3.05, 3.63) is 28.3 Å². The molecular weight excluding hydrogens is 352 g/mol. The van der Waals surface area contributed by atoms with Gasteiger partial charge in [0.25, 0.3) is 0 Å². The minimum Gasteiger partial charge on any atom is -0.392 e. The third kappa shape index (κ3) is 4.27. The normalized spacial score (nSPS) is 17.9. The monoisotopic (exact) mass is 382 g/mol. The van der Waals surface area contributed by atoms with E-state index in [-0.39, 0.29) is 18.4 Å². The predicted octanol–water partition coefficient (Wildman–Crippen LogP) is 1.82. The first kappa shape index (κ1) is 20.9. The van der Waals surface area contributed by atoms with Crippen LogP contribution in [0.5, 0.6) is 0 Å². The van der Waals surface area contributed by atoms with E-state index in [9.17, 15) is 18.3 Å². The van der Waals surface area contributed by atoms with Gasteiger partial charge < -0.3 is 10.4 Å². The number of aliphatic hydroxyl groups excluding tert-OH is 1. The fourth-order valence-corrected chi connectivity index (χ4v) is 5.49. The Balaban J connectivity index is 2.15. The van der Waals surface area contributed by atoms with Crippen molar-refractivity contribution in [3.63, 3.8) is 0 Å². The number of rotatable bonds is 5. The number of amides is 1. The highest BCUT2D eigenvalue weighted by Crippen LogP contribution is 2.31. The van der Waals surface area contributed by atoms with Crippen molar-refractivity contribution in [2.75, 3.05) is 19.6 Å². The molecule has 0 radical (unpaired) electrons. The number of aryl methyl sites for hydroxylation is 2. The van der Waals surface area contributed by atoms with E-state index in [1.54, 1.807) is 6.92 Å². The number of carbonyl (C=O) groups is 1. The van der Waals surface area contributed by atoms with Gasteiger partial charge in [-0.2, -0.15) is 4.31 Å². The molecule has 1 aromatic carbocycles. The second-order valence-electron chi connectivity index (χ2n) is 7.36. The van der Waals surface area contributed by atoms with E-state index in [0.717, 1.165) is 22.3 Å². The van der Waals surface area contributed by atoms with Crippen LogP contribution in [-0.4, -0.2) is 49.5 Å². The molecule has 0 saturated carbocycles. The average molecular weight is 383 g/mol. The van der Waals surface area contributed by atoms with Gasteiger partial charge in [0.15, 0.2) is 0 Å². The van der Waals surface area contributed by atoms with E-state index in [1.165, 1.54) is 4.31 Å². The quantitative estimate of drug-likeness (QED) is 0.813. The summed E-state index contributed by atoms with van der Waals surface area (Å²) in [6.45, 7) is 10.1. The number of nitrogens with zero attached hydrogens (tertiary/aromatic N) is 1. The number of hydrogen-bond acceptors (Lipinski definition) is 4. The maximum atomic E-state index is 13.2. The van der Waals surface area contributed by atoms with Crippen LogP contribution in [-0.2, 0) is 14.8 Å². The van der Waals surface area contributed by atoms with Crippen LogP contribution in [0.25, 0.3) is 0 Å². The summed E-state index contributed by atoms with van der Waals surface area (Å²) in [4.78, 5) is 12.5. The molecule has 1 saturated heterocycles. The van der Waals surface area contributed by atoms with Crippen molar-refractivity contribution in [3.8, 4) is 0 Å². The lowest BCUT2D eigenvalue weighted by atomic mass is 9.97. The third-order valence-corrected chi connectivity index (χ3v) is 7.46. The fourth-order valence-electron chi connectivity index (χ4n) is 3.45. The molecule has 26 heavy (non-hydrogen) atoms. The Bertz CT molecular complexity index is 753. The third-order valence-electron chi connectivity index (χ3n) is 5.29. The molecule has 0 aliphatic carbocycles. The first-order valence-corrected chi connectivity index (χ1v) is 10.5. The highest BCUT2D eigenvalue weighted by Gasteiger charge is 2.34. The molecule has 1 atom stereocenters. The van der Waals surface area contributed by atoms with Crippen LogP contribution in [0.15, 0.2) is 11.0 Å². The molecule has 6 nitrogen and oxygen atoms in total. The van der Waals surface area contributed by atoms with Gasteiger partial charge in [-0.3, -0.25) is 4.79 Å². The van der Waals surface area contributed by atoms with E-state index in [0.29, 0.717) is 30.8 Å². The van der Waals surface area contributed by atoms with E-state index in [1.807, 2.05) is 33.8 Å². The summed E-state index contributed by atoms with van der Waals surface area (Å²) in [7, 11) is -3.58. The van der Waals surface area contributed by atoms with Gasteiger partial charge in [0.1, 0.15) is 0 Å². The molecule has 1 amide bonds. The average Bonchev–Trinajstić information content (AvgIpc) is 2.58. The molecule has 2 N–H and O–H groups in total. The summed E-state index contributed by atoms with van der Waals surface area (Å²) in [6, 6.07) is 2.02. The van der Waals surface area contributed by atoms with Crippen LogP contribution in [0.3, 0.4) is 0 Å². The molecule has 1 heterocycles. The maximum absolute atomic E-state index is 13.2. The topological polar surface area (TPSA) is 86.7 Å². The van der Waals surface area contributed by atoms with Crippen molar-refractivity contribution in [1.29, 1.82) is 0 Å². The SMILES string of the molecule is Cc1cc(C)c(C)c(S(=O)(=O)N2CCC(C(=O)NCC(C)O)CC2)c1C. The number of hydrogen-bond donors (Lipinski definition) is 2. The number of piperidine rings is 1. The van der Waals surface area contributed by atoms with Crippen molar-refractivity contribution >= 4 is 15.9 Å². The van der Waals surface area contributed by atoms with Gasteiger partial charge in [0, 0.05) is 25.6 Å². The maximum Gasteiger partial charge on any atom is 0.243 e. The summed E-state index contributed by atoms with van der Waals surface area (Å²) < 4.78 is 27.9. The summed E-state index contributed by atoms with van der Waals surface area (Å²) >= 11 is 0. The summed E-state index contributed by atoms with van der Waals surface area (Å²) in [5.74, 6) is -0.316. The Labute approximate surface area is 156 Å². The molecule has 0 spiro atoms. The molecule has 1 unspecified atom stereocenters. The minimum absolute atomic E-state index is 0.110. The number of nitrogens with one attached hydrogen (secondary N) is 1. The van der Waals surface area contributed by atoms with Crippen LogP contribution in [0.1, 0.15) is 42.0 Å². The minimum atomic E-state index is -3.58. The first-order valence-electron chi connectivity index (χ1n) is 9.09. The molecule has 1 aliphatic rings. The molecular formula is C19H30N2O4S. The van der Waals surface area contributed by atoms with Crippen LogP contribution in [0.4, 0.5) is 0 Å². The molecule has 146 valence electrons. The number of aliphatic hydroxyl groups is 1. The molecule has 1 aromatic rings. The second-order valence-corrected chi connectivity index (χ2v) is 9.24. The first-order chi connectivity index (χ1) is 12.1. The van der Waals surface area contributed by atoms with Crippen molar-refractivity contribution in [2.24, 2.45) is 5.92 Å². The van der Waals surface area contributed by atoms with Crippen molar-refractivity contribution in [1.82, 2.24) is 9.62 Å². The van der Waals surface area contributed by atoms with Crippen molar-refractivity contribution < 1.29 is 18.3 Å². The Kier molecular flexibility index (Phi) is 6.47. The second kappa shape index (κ2) is 8.06. The summed E-state index contributed by atoms with van der Waals surface area (Å²) in [5.41, 5.74) is 3.54. The molecule has 7 heteroatoms. The summed E-state index contributed by atoms with van der Waals surface area (Å²) in [5, 5.41) is 12.0. The fraction of sp³-hybridized carbons (Fsp3) is 0.632. The zero-order valence-corrected chi connectivity index (χ0v) is 17.1. The number of benzene rings is 1. The molecule has 0 aromatic heterocycles. The number of carbonyl (C=O) groups excluding carboxylic acids is 1. The van der Waals surface area contributed by atoms with Crippen molar-refractivity contribution in [2.45, 2.75) is 58.5 Å². The zero-order chi connectivity index (χ0) is 19.6. The highest BCUT2D eigenvalue weighted by molar-refractivity contribution is 7.89. The van der Waals surface area contributed by atoms with Gasteiger partial charge in [-0.15, -0.1) is 0 Å². The molecule has 1 aliphatic heterocycles. The van der Waals surface area contributed by atoms with E-state index < -0.39 is 16.1 Å². The van der Waals surface area contributed by atoms with Gasteiger partial charge in [0.2, 0.25) is 15.9 Å². The lowest BCUT2D eigenvalue weighted by molar-refractivity contribution is -0.126. The van der Waals surface area contributed by atoms with E-state index in [2.05, 4.69) is 5.32 Å². The zero-order valence-electron chi connectivity index (χ0n) is 16.3. The lowest BCUT2D eigenvalue weighted by Crippen LogP contribution is -2.44. The Hall–Kier alpha value is -1.44. The van der Waals surface area contributed by atoms with E-state index >= 15 is 0 Å². The van der Waals surface area contributed by atoms with Gasteiger partial charge >= 0.3 is 0 Å². The molecule has 0 bridgehead atoms.